The molecule has 3 aromatic heterocycles. The van der Waals surface area contributed by atoms with E-state index in [2.05, 4.69) is 15.1 Å². The third-order valence-corrected chi connectivity index (χ3v) is 6.89. The average Bonchev–Trinajstić information content (AvgIpc) is 3.61. The number of carbonyl (C=O) groups excluding carboxylic acids is 2. The van der Waals surface area contributed by atoms with Crippen molar-refractivity contribution in [3.05, 3.63) is 54.2 Å². The number of aromatic nitrogens is 5. The van der Waals surface area contributed by atoms with Crippen LogP contribution in [0, 0.1) is 0 Å². The molecule has 1 aliphatic rings. The number of nitrogens with zero attached hydrogens (tertiary/aromatic N) is 7. The third kappa shape index (κ3) is 6.24. The van der Waals surface area contributed by atoms with Crippen LogP contribution in [0.1, 0.15) is 22.5 Å². The van der Waals surface area contributed by atoms with Gasteiger partial charge in [0.15, 0.2) is 5.69 Å². The minimum absolute atomic E-state index is 0.0209. The molecule has 13 nitrogen and oxygen atoms in total. The van der Waals surface area contributed by atoms with E-state index in [0.717, 1.165) is 4.68 Å². The molecular weight excluding hydrogens is 575 g/mol. The molecular formula is C27H28F3N7O6. The third-order valence-electron chi connectivity index (χ3n) is 6.89. The summed E-state index contributed by atoms with van der Waals surface area (Å²) in [5, 5.41) is 23.3. The molecule has 0 atom stereocenters. The molecule has 2 amide bonds. The van der Waals surface area contributed by atoms with Gasteiger partial charge in [0.2, 0.25) is 11.6 Å². The summed E-state index contributed by atoms with van der Waals surface area (Å²) in [6.45, 7) is 1.21. The number of halogens is 3. The maximum absolute atomic E-state index is 13.8. The van der Waals surface area contributed by atoms with Crippen LogP contribution in [0.15, 0.2) is 43.0 Å². The van der Waals surface area contributed by atoms with Gasteiger partial charge in [0.05, 0.1) is 42.8 Å². The first-order chi connectivity index (χ1) is 20.6. The van der Waals surface area contributed by atoms with Crippen molar-refractivity contribution in [3.63, 3.8) is 0 Å². The average molecular weight is 604 g/mol. The van der Waals surface area contributed by atoms with Crippen molar-refractivity contribution in [2.24, 2.45) is 0 Å². The number of ether oxygens (including phenoxy) is 2. The number of fused-ring (bicyclic) bond motifs is 1. The lowest BCUT2D eigenvalue weighted by Gasteiger charge is -2.34. The first-order valence-electron chi connectivity index (χ1n) is 13.3. The number of rotatable bonds is 9. The Labute approximate surface area is 242 Å². The second-order valence-corrected chi connectivity index (χ2v) is 9.64. The summed E-state index contributed by atoms with van der Waals surface area (Å²) in [5.41, 5.74) is -1.01. The second-order valence-electron chi connectivity index (χ2n) is 9.64. The lowest BCUT2D eigenvalue weighted by Crippen LogP contribution is -2.50. The molecule has 1 aromatic carbocycles. The van der Waals surface area contributed by atoms with E-state index in [1.807, 2.05) is 0 Å². The summed E-state index contributed by atoms with van der Waals surface area (Å²) in [7, 11) is 1.44. The van der Waals surface area contributed by atoms with Gasteiger partial charge < -0.3 is 29.5 Å². The van der Waals surface area contributed by atoms with Crippen LogP contribution >= 0.6 is 0 Å². The molecule has 0 radical (unpaired) electrons. The van der Waals surface area contributed by atoms with Crippen molar-refractivity contribution in [2.45, 2.75) is 19.1 Å². The number of aliphatic hydroxyl groups is 1. The van der Waals surface area contributed by atoms with Crippen LogP contribution in [-0.2, 0) is 22.3 Å². The number of amides is 2. The van der Waals surface area contributed by atoms with Gasteiger partial charge in [0.1, 0.15) is 11.5 Å². The minimum atomic E-state index is -4.72. The number of aromatic hydroxyl groups is 1. The van der Waals surface area contributed by atoms with Crippen LogP contribution in [0.25, 0.3) is 16.9 Å². The zero-order chi connectivity index (χ0) is 30.7. The summed E-state index contributed by atoms with van der Waals surface area (Å²) in [6.07, 6.45) is 0.602. The Kier molecular flexibility index (Phi) is 8.50. The second kappa shape index (κ2) is 12.3. The quantitative estimate of drug-likeness (QED) is 0.294. The number of alkyl halides is 3. The molecule has 0 bridgehead atoms. The smallest absolute Gasteiger partial charge is 0.435 e. The fourth-order valence-corrected chi connectivity index (χ4v) is 4.73. The number of methoxy groups -OCH3 is 1. The van der Waals surface area contributed by atoms with Crippen molar-refractivity contribution < 1.29 is 42.4 Å². The predicted molar refractivity (Wildman–Crippen MR) is 143 cm³/mol. The maximum Gasteiger partial charge on any atom is 0.435 e. The first-order valence-corrected chi connectivity index (χ1v) is 13.3. The number of piperazine rings is 1. The number of carbonyl (C=O) groups is 2. The SMILES string of the molecule is COCCn1cc(-c2cnc3c(Oc4ccc(C(=O)N5CCN(C(=O)CCO)CC5)c(O)c4)nccn23)c(C(F)(F)F)n1. The van der Waals surface area contributed by atoms with Crippen molar-refractivity contribution >= 4 is 17.5 Å². The number of phenolic OH excluding ortho intramolecular Hbond substituents is 1. The van der Waals surface area contributed by atoms with Gasteiger partial charge in [-0.3, -0.25) is 18.7 Å². The van der Waals surface area contributed by atoms with Gasteiger partial charge in [-0.15, -0.1) is 0 Å². The normalized spacial score (nSPS) is 14.0. The molecule has 1 saturated heterocycles. The van der Waals surface area contributed by atoms with E-state index in [9.17, 15) is 27.9 Å². The van der Waals surface area contributed by atoms with Gasteiger partial charge in [-0.2, -0.15) is 18.3 Å². The van der Waals surface area contributed by atoms with Crippen LogP contribution in [0.3, 0.4) is 0 Å². The first kappa shape index (κ1) is 29.8. The molecule has 4 aromatic rings. The van der Waals surface area contributed by atoms with Crippen LogP contribution < -0.4 is 4.74 Å². The molecule has 5 rings (SSSR count). The summed E-state index contributed by atoms with van der Waals surface area (Å²) < 4.78 is 54.8. The van der Waals surface area contributed by atoms with E-state index >= 15 is 0 Å². The molecule has 0 saturated carbocycles. The lowest BCUT2D eigenvalue weighted by atomic mass is 10.1. The highest BCUT2D eigenvalue weighted by atomic mass is 19.4. The Bertz CT molecular complexity index is 1630. The number of phenols is 1. The minimum Gasteiger partial charge on any atom is -0.507 e. The Hall–Kier alpha value is -4.70. The van der Waals surface area contributed by atoms with E-state index in [1.165, 1.54) is 59.4 Å². The van der Waals surface area contributed by atoms with Gasteiger partial charge in [0, 0.05) is 64.4 Å². The maximum atomic E-state index is 13.8. The van der Waals surface area contributed by atoms with Crippen molar-refractivity contribution in [3.8, 4) is 28.6 Å². The largest absolute Gasteiger partial charge is 0.507 e. The number of hydrogen-bond acceptors (Lipinski definition) is 9. The highest BCUT2D eigenvalue weighted by molar-refractivity contribution is 5.97. The Morgan fingerprint density at radius 2 is 1.84 bits per heavy atom. The molecule has 1 fully saturated rings. The van der Waals surface area contributed by atoms with Gasteiger partial charge in [-0.1, -0.05) is 0 Å². The summed E-state index contributed by atoms with van der Waals surface area (Å²) >= 11 is 0. The Morgan fingerprint density at radius 1 is 1.09 bits per heavy atom. The summed E-state index contributed by atoms with van der Waals surface area (Å²) in [5.74, 6) is -0.901. The zero-order valence-electron chi connectivity index (χ0n) is 23.0. The number of benzene rings is 1. The van der Waals surface area contributed by atoms with E-state index in [-0.39, 0.29) is 85.0 Å². The molecule has 16 heteroatoms. The monoisotopic (exact) mass is 603 g/mol. The summed E-state index contributed by atoms with van der Waals surface area (Å²) in [4.78, 5) is 36.5. The Balaban J connectivity index is 1.35. The number of hydrogen-bond donors (Lipinski definition) is 2. The van der Waals surface area contributed by atoms with E-state index in [0.29, 0.717) is 13.1 Å². The van der Waals surface area contributed by atoms with Gasteiger partial charge in [-0.05, 0) is 12.1 Å². The topological polar surface area (TPSA) is 148 Å². The van der Waals surface area contributed by atoms with Crippen LogP contribution in [0.5, 0.6) is 17.4 Å². The summed E-state index contributed by atoms with van der Waals surface area (Å²) in [6, 6.07) is 4.06. The molecule has 1 aliphatic heterocycles. The lowest BCUT2D eigenvalue weighted by molar-refractivity contribution is -0.141. The molecule has 2 N–H and O–H groups in total. The van der Waals surface area contributed by atoms with Crippen LogP contribution in [0.2, 0.25) is 0 Å². The fourth-order valence-electron chi connectivity index (χ4n) is 4.73. The van der Waals surface area contributed by atoms with E-state index in [4.69, 9.17) is 14.6 Å². The highest BCUT2D eigenvalue weighted by Gasteiger charge is 2.38. The van der Waals surface area contributed by atoms with Gasteiger partial charge in [0.25, 0.3) is 11.8 Å². The standard InChI is InChI=1S/C27H28F3N7O6/c1-42-13-11-36-16-19(23(33-36)27(28,29)30)20-15-32-24-25(31-5-6-37(20)24)43-17-2-3-18(21(39)14-17)26(41)35-9-7-34(8-10-35)22(40)4-12-38/h2-3,5-6,14-16,38-39H,4,7-13H2,1H3. The molecule has 228 valence electrons. The molecule has 4 heterocycles. The van der Waals surface area contributed by atoms with Crippen LogP contribution in [0.4, 0.5) is 13.2 Å². The van der Waals surface area contributed by atoms with Gasteiger partial charge in [-0.25, -0.2) is 9.97 Å². The molecule has 43 heavy (non-hydrogen) atoms. The number of aliphatic hydroxyl groups excluding tert-OH is 1. The van der Waals surface area contributed by atoms with E-state index in [1.54, 1.807) is 4.90 Å². The molecule has 0 aliphatic carbocycles. The van der Waals surface area contributed by atoms with E-state index < -0.39 is 17.8 Å². The van der Waals surface area contributed by atoms with Crippen molar-refractivity contribution in [1.82, 2.24) is 33.9 Å². The fraction of sp³-hybridized carbons (Fsp3) is 0.370. The number of imidazole rings is 1. The molecule has 0 spiro atoms. The molecule has 0 unspecified atom stereocenters. The zero-order valence-corrected chi connectivity index (χ0v) is 23.0. The van der Waals surface area contributed by atoms with Crippen molar-refractivity contribution in [2.75, 3.05) is 46.5 Å². The highest BCUT2D eigenvalue weighted by Crippen LogP contribution is 2.37. The predicted octanol–water partition coefficient (Wildman–Crippen LogP) is 2.42. The van der Waals surface area contributed by atoms with Crippen LogP contribution in [-0.4, -0.2) is 102 Å². The Morgan fingerprint density at radius 3 is 2.51 bits per heavy atom. The van der Waals surface area contributed by atoms with Crippen molar-refractivity contribution in [1.29, 1.82) is 0 Å². The van der Waals surface area contributed by atoms with Gasteiger partial charge >= 0.3 is 6.18 Å².